The largest absolute Gasteiger partial charge is 0.459 e. The fourth-order valence-corrected chi connectivity index (χ4v) is 3.91. The average molecular weight is 477 g/mol. The van der Waals surface area contributed by atoms with Gasteiger partial charge in [0, 0.05) is 19.3 Å². The zero-order valence-electron chi connectivity index (χ0n) is 20.5. The summed E-state index contributed by atoms with van der Waals surface area (Å²) in [5.41, 5.74) is 3.41. The Bertz CT molecular complexity index is 1570. The van der Waals surface area contributed by atoms with Crippen molar-refractivity contribution >= 4 is 17.1 Å². The van der Waals surface area contributed by atoms with E-state index >= 15 is 0 Å². The number of carbonyl (C=O) groups is 1. The third kappa shape index (κ3) is 4.34. The molecule has 3 heterocycles. The highest BCUT2D eigenvalue weighted by Crippen LogP contribution is 2.20. The highest BCUT2D eigenvalue weighted by molar-refractivity contribution is 5.74. The van der Waals surface area contributed by atoms with Gasteiger partial charge < -0.3 is 4.74 Å². The Labute approximate surface area is 201 Å². The monoisotopic (exact) mass is 476 g/mol. The average Bonchev–Trinajstić information content (AvgIpc) is 3.31. The maximum atomic E-state index is 13.5. The molecule has 0 atom stereocenters. The molecule has 0 radical (unpaired) electrons. The van der Waals surface area contributed by atoms with E-state index in [4.69, 9.17) is 4.74 Å². The lowest BCUT2D eigenvalue weighted by Crippen LogP contribution is -2.41. The van der Waals surface area contributed by atoms with E-state index in [1.54, 1.807) is 9.25 Å². The molecule has 35 heavy (non-hydrogen) atoms. The van der Waals surface area contributed by atoms with E-state index in [1.807, 2.05) is 58.0 Å². The predicted octanol–water partition coefficient (Wildman–Crippen LogP) is 2.33. The van der Waals surface area contributed by atoms with Gasteiger partial charge in [0.15, 0.2) is 11.2 Å². The molecule has 0 aliphatic rings. The zero-order chi connectivity index (χ0) is 25.4. The Hall–Kier alpha value is -4.21. The summed E-state index contributed by atoms with van der Waals surface area (Å²) in [6.45, 7) is 11.4. The van der Waals surface area contributed by atoms with Gasteiger partial charge >= 0.3 is 11.7 Å². The number of hydrogen-bond donors (Lipinski definition) is 0. The quantitative estimate of drug-likeness (QED) is 0.299. The number of aryl methyl sites for hydroxylation is 2. The Morgan fingerprint density at radius 3 is 2.34 bits per heavy atom. The van der Waals surface area contributed by atoms with Crippen molar-refractivity contribution in [1.29, 1.82) is 0 Å². The number of fused-ring (bicyclic) bond motifs is 1. The van der Waals surface area contributed by atoms with E-state index in [9.17, 15) is 14.4 Å². The van der Waals surface area contributed by atoms with Crippen LogP contribution in [0.2, 0.25) is 0 Å². The number of esters is 1. The smallest absolute Gasteiger partial charge is 0.333 e. The molecule has 1 aromatic carbocycles. The van der Waals surface area contributed by atoms with Gasteiger partial charge in [-0.2, -0.15) is 10.1 Å². The van der Waals surface area contributed by atoms with E-state index in [-0.39, 0.29) is 24.3 Å². The first-order valence-electron chi connectivity index (χ1n) is 11.2. The van der Waals surface area contributed by atoms with Crippen LogP contribution in [-0.2, 0) is 36.3 Å². The first-order chi connectivity index (χ1) is 16.6. The van der Waals surface area contributed by atoms with Crippen LogP contribution in [0.3, 0.4) is 0 Å². The van der Waals surface area contributed by atoms with Crippen molar-refractivity contribution in [2.24, 2.45) is 7.05 Å². The molecule has 3 aromatic heterocycles. The molecule has 0 bridgehead atoms. The van der Waals surface area contributed by atoms with Crippen molar-refractivity contribution in [2.75, 3.05) is 0 Å². The molecule has 0 saturated heterocycles. The molecule has 182 valence electrons. The van der Waals surface area contributed by atoms with Crippen molar-refractivity contribution in [2.45, 2.75) is 47.4 Å². The highest BCUT2D eigenvalue weighted by atomic mass is 16.5. The van der Waals surface area contributed by atoms with Crippen molar-refractivity contribution in [3.05, 3.63) is 85.8 Å². The molecule has 0 aliphatic carbocycles. The van der Waals surface area contributed by atoms with Crippen LogP contribution in [0.25, 0.3) is 17.1 Å². The van der Waals surface area contributed by atoms with Gasteiger partial charge in [0.1, 0.15) is 13.2 Å². The summed E-state index contributed by atoms with van der Waals surface area (Å²) in [6.07, 6.45) is 0. The summed E-state index contributed by atoms with van der Waals surface area (Å²) in [4.78, 5) is 43.7. The third-order valence-electron chi connectivity index (χ3n) is 6.01. The summed E-state index contributed by atoms with van der Waals surface area (Å²) >= 11 is 0. The second-order valence-corrected chi connectivity index (χ2v) is 8.71. The second-order valence-electron chi connectivity index (χ2n) is 8.71. The number of hydrogen-bond acceptors (Lipinski definition) is 6. The van der Waals surface area contributed by atoms with Gasteiger partial charge in [0.25, 0.3) is 5.56 Å². The molecule has 10 nitrogen and oxygen atoms in total. The Morgan fingerprint density at radius 1 is 1.06 bits per heavy atom. The third-order valence-corrected chi connectivity index (χ3v) is 6.01. The van der Waals surface area contributed by atoms with Crippen LogP contribution < -0.4 is 11.2 Å². The van der Waals surface area contributed by atoms with E-state index in [2.05, 4.69) is 16.7 Å². The molecule has 0 spiro atoms. The fourth-order valence-electron chi connectivity index (χ4n) is 3.91. The summed E-state index contributed by atoms with van der Waals surface area (Å²) in [7, 11) is 1.52. The van der Waals surface area contributed by atoms with Gasteiger partial charge in [-0.1, -0.05) is 42.5 Å². The van der Waals surface area contributed by atoms with Gasteiger partial charge in [0.2, 0.25) is 5.95 Å². The Balaban J connectivity index is 1.83. The molecule has 0 saturated carbocycles. The number of nitrogens with zero attached hydrogens (tertiary/aromatic N) is 6. The SMILES string of the molecule is C=C(C)Cn1c(-n2nc(C)c(C)c2C)nc2c1c(=O)n(CC(=O)OCc1ccccc1)c(=O)n2C. The lowest BCUT2D eigenvalue weighted by Gasteiger charge is -2.11. The summed E-state index contributed by atoms with van der Waals surface area (Å²) in [5.74, 6) is -0.291. The number of rotatable bonds is 7. The van der Waals surface area contributed by atoms with Crippen molar-refractivity contribution in [1.82, 2.24) is 28.5 Å². The van der Waals surface area contributed by atoms with Crippen molar-refractivity contribution < 1.29 is 9.53 Å². The van der Waals surface area contributed by atoms with Crippen LogP contribution in [-0.4, -0.2) is 34.4 Å². The van der Waals surface area contributed by atoms with Gasteiger partial charge in [-0.15, -0.1) is 0 Å². The van der Waals surface area contributed by atoms with Crippen LogP contribution in [0.1, 0.15) is 29.4 Å². The molecule has 0 fully saturated rings. The maximum Gasteiger partial charge on any atom is 0.333 e. The lowest BCUT2D eigenvalue weighted by atomic mass is 10.2. The first-order valence-corrected chi connectivity index (χ1v) is 11.2. The summed E-state index contributed by atoms with van der Waals surface area (Å²) < 4.78 is 10.8. The Kier molecular flexibility index (Phi) is 6.29. The van der Waals surface area contributed by atoms with Crippen LogP contribution >= 0.6 is 0 Å². The molecule has 0 aliphatic heterocycles. The standard InChI is InChI=1S/C25H28N6O4/c1-15(2)12-29-21-22(26-24(29)31-18(5)16(3)17(4)27-31)28(6)25(34)30(23(21)33)13-20(32)35-14-19-10-8-7-9-11-19/h7-11H,1,12-14H2,2-6H3. The van der Waals surface area contributed by atoms with Crippen LogP contribution in [0, 0.1) is 20.8 Å². The number of aromatic nitrogens is 6. The topological polar surface area (TPSA) is 106 Å². The molecule has 0 unspecified atom stereocenters. The van der Waals surface area contributed by atoms with Crippen LogP contribution in [0.15, 0.2) is 52.1 Å². The molecule has 0 amide bonds. The van der Waals surface area contributed by atoms with E-state index in [0.717, 1.165) is 32.7 Å². The molecule has 4 rings (SSSR count). The molecular formula is C25H28N6O4. The Morgan fingerprint density at radius 2 is 1.74 bits per heavy atom. The highest BCUT2D eigenvalue weighted by Gasteiger charge is 2.24. The van der Waals surface area contributed by atoms with Gasteiger partial charge in [-0.25, -0.2) is 14.0 Å². The molecule has 0 N–H and O–H groups in total. The number of ether oxygens (including phenoxy) is 1. The number of imidazole rings is 1. The minimum absolute atomic E-state index is 0.0476. The van der Waals surface area contributed by atoms with Crippen molar-refractivity contribution in [3.8, 4) is 5.95 Å². The van der Waals surface area contributed by atoms with Crippen molar-refractivity contribution in [3.63, 3.8) is 0 Å². The second kappa shape index (κ2) is 9.21. The minimum atomic E-state index is -0.687. The maximum absolute atomic E-state index is 13.5. The summed E-state index contributed by atoms with van der Waals surface area (Å²) in [6, 6.07) is 9.18. The first kappa shape index (κ1) is 23.9. The lowest BCUT2D eigenvalue weighted by molar-refractivity contribution is -0.145. The summed E-state index contributed by atoms with van der Waals surface area (Å²) in [5, 5.41) is 4.58. The van der Waals surface area contributed by atoms with Crippen LogP contribution in [0.4, 0.5) is 0 Å². The van der Waals surface area contributed by atoms with Crippen LogP contribution in [0.5, 0.6) is 0 Å². The number of benzene rings is 1. The fraction of sp³-hybridized carbons (Fsp3) is 0.320. The number of allylic oxidation sites excluding steroid dienone is 1. The number of carbonyl (C=O) groups excluding carboxylic acids is 1. The molecule has 4 aromatic rings. The predicted molar refractivity (Wildman–Crippen MR) is 132 cm³/mol. The minimum Gasteiger partial charge on any atom is -0.459 e. The molecular weight excluding hydrogens is 448 g/mol. The van der Waals surface area contributed by atoms with E-state index < -0.39 is 23.8 Å². The van der Waals surface area contributed by atoms with Gasteiger partial charge in [-0.3, -0.25) is 18.7 Å². The van der Waals surface area contributed by atoms with E-state index in [1.165, 1.54) is 11.6 Å². The zero-order valence-corrected chi connectivity index (χ0v) is 20.5. The normalized spacial score (nSPS) is 11.2. The van der Waals surface area contributed by atoms with Gasteiger partial charge in [-0.05, 0) is 38.8 Å². The van der Waals surface area contributed by atoms with Gasteiger partial charge in [0.05, 0.1) is 5.69 Å². The van der Waals surface area contributed by atoms with E-state index in [0.29, 0.717) is 5.95 Å². The molecule has 10 heteroatoms.